The van der Waals surface area contributed by atoms with Crippen LogP contribution in [0.5, 0.6) is 5.75 Å². The van der Waals surface area contributed by atoms with Gasteiger partial charge >= 0.3 is 5.97 Å². The summed E-state index contributed by atoms with van der Waals surface area (Å²) in [5.74, 6) is -0.480. The topological polar surface area (TPSA) is 98.8 Å². The summed E-state index contributed by atoms with van der Waals surface area (Å²) in [4.78, 5) is 23.5. The third-order valence-electron chi connectivity index (χ3n) is 3.52. The van der Waals surface area contributed by atoms with Gasteiger partial charge in [0, 0.05) is 6.04 Å². The molecule has 1 saturated heterocycles. The van der Waals surface area contributed by atoms with Crippen molar-refractivity contribution in [2.24, 2.45) is 0 Å². The Morgan fingerprint density at radius 1 is 1.35 bits per heavy atom. The molecule has 23 heavy (non-hydrogen) atoms. The second-order valence-corrected chi connectivity index (χ2v) is 7.62. The predicted octanol–water partition coefficient (Wildman–Crippen LogP) is 0.544. The Hall–Kier alpha value is -2.09. The summed E-state index contributed by atoms with van der Waals surface area (Å²) >= 11 is 0. The van der Waals surface area contributed by atoms with E-state index in [2.05, 4.69) is 10.1 Å². The number of benzene rings is 1. The Morgan fingerprint density at radius 3 is 2.70 bits per heavy atom. The highest BCUT2D eigenvalue weighted by Gasteiger charge is 2.30. The molecule has 0 unspecified atom stereocenters. The van der Waals surface area contributed by atoms with Crippen molar-refractivity contribution in [3.8, 4) is 5.75 Å². The second-order valence-electron chi connectivity index (χ2n) is 5.39. The van der Waals surface area contributed by atoms with Crippen LogP contribution in [0.4, 0.5) is 0 Å². The van der Waals surface area contributed by atoms with Gasteiger partial charge in [0.2, 0.25) is 0 Å². The number of rotatable bonds is 5. The maximum atomic E-state index is 12.1. The van der Waals surface area contributed by atoms with Gasteiger partial charge in [-0.1, -0.05) is 6.07 Å². The summed E-state index contributed by atoms with van der Waals surface area (Å²) in [6.45, 7) is 1.56. The first-order valence-corrected chi connectivity index (χ1v) is 8.99. The fraction of sp³-hybridized carbons (Fsp3) is 0.467. The van der Waals surface area contributed by atoms with Gasteiger partial charge in [0.05, 0.1) is 24.2 Å². The predicted molar refractivity (Wildman–Crippen MR) is 83.1 cm³/mol. The fourth-order valence-corrected chi connectivity index (χ4v) is 3.97. The van der Waals surface area contributed by atoms with Crippen LogP contribution in [0.15, 0.2) is 24.3 Å². The van der Waals surface area contributed by atoms with Crippen LogP contribution in [-0.4, -0.2) is 51.1 Å². The van der Waals surface area contributed by atoms with Gasteiger partial charge in [-0.15, -0.1) is 0 Å². The third kappa shape index (κ3) is 4.69. The summed E-state index contributed by atoms with van der Waals surface area (Å²) in [7, 11) is -1.77. The molecule has 1 heterocycles. The molecule has 1 N–H and O–H groups in total. The first kappa shape index (κ1) is 17.3. The van der Waals surface area contributed by atoms with E-state index in [0.29, 0.717) is 17.7 Å². The van der Waals surface area contributed by atoms with E-state index in [9.17, 15) is 18.0 Å². The molecule has 0 aliphatic carbocycles. The third-order valence-corrected chi connectivity index (χ3v) is 5.28. The van der Waals surface area contributed by atoms with E-state index < -0.39 is 27.8 Å². The number of esters is 1. The van der Waals surface area contributed by atoms with Crippen LogP contribution in [0.3, 0.4) is 0 Å². The molecule has 0 spiro atoms. The van der Waals surface area contributed by atoms with Crippen molar-refractivity contribution in [2.75, 3.05) is 18.6 Å². The minimum atomic E-state index is -3.05. The summed E-state index contributed by atoms with van der Waals surface area (Å²) in [5.41, 5.74) is 0.319. The molecule has 1 aromatic rings. The van der Waals surface area contributed by atoms with Crippen molar-refractivity contribution in [2.45, 2.75) is 25.5 Å². The average Bonchev–Trinajstić information content (AvgIpc) is 2.85. The molecule has 2 atom stereocenters. The SMILES string of the molecule is COC(=O)c1cccc(O[C@H](C)C(=O)N[C@@H]2CCS(=O)(=O)C2)c1. The largest absolute Gasteiger partial charge is 0.481 e. The Bertz CT molecular complexity index is 700. The lowest BCUT2D eigenvalue weighted by Gasteiger charge is -2.17. The smallest absolute Gasteiger partial charge is 0.337 e. The van der Waals surface area contributed by atoms with E-state index in [1.54, 1.807) is 25.1 Å². The molecular weight excluding hydrogens is 322 g/mol. The molecule has 0 bridgehead atoms. The van der Waals surface area contributed by atoms with Crippen molar-refractivity contribution in [3.63, 3.8) is 0 Å². The average molecular weight is 341 g/mol. The van der Waals surface area contributed by atoms with E-state index in [1.807, 2.05) is 0 Å². The minimum absolute atomic E-state index is 0.0384. The molecule has 1 fully saturated rings. The first-order valence-electron chi connectivity index (χ1n) is 7.16. The fourth-order valence-electron chi connectivity index (χ4n) is 2.30. The molecular formula is C15H19NO6S. The Labute approximate surface area is 134 Å². The highest BCUT2D eigenvalue weighted by atomic mass is 32.2. The van der Waals surface area contributed by atoms with E-state index >= 15 is 0 Å². The number of hydrogen-bond donors (Lipinski definition) is 1. The number of carbonyl (C=O) groups excluding carboxylic acids is 2. The normalized spacial score (nSPS) is 20.5. The number of hydrogen-bond acceptors (Lipinski definition) is 6. The summed E-state index contributed by atoms with van der Waals surface area (Å²) in [6.07, 6.45) is -0.398. The zero-order valence-electron chi connectivity index (χ0n) is 12.9. The molecule has 126 valence electrons. The number of sulfone groups is 1. The molecule has 0 aromatic heterocycles. The van der Waals surface area contributed by atoms with Crippen molar-refractivity contribution in [3.05, 3.63) is 29.8 Å². The molecule has 7 nitrogen and oxygen atoms in total. The first-order chi connectivity index (χ1) is 10.8. The number of methoxy groups -OCH3 is 1. The van der Waals surface area contributed by atoms with Crippen LogP contribution in [0.25, 0.3) is 0 Å². The zero-order valence-corrected chi connectivity index (χ0v) is 13.8. The summed E-state index contributed by atoms with van der Waals surface area (Å²) in [6, 6.07) is 5.93. The van der Waals surface area contributed by atoms with Gasteiger partial charge in [-0.25, -0.2) is 13.2 Å². The highest BCUT2D eigenvalue weighted by Crippen LogP contribution is 2.16. The molecule has 1 aromatic carbocycles. The van der Waals surface area contributed by atoms with Crippen molar-refractivity contribution in [1.82, 2.24) is 5.32 Å². The van der Waals surface area contributed by atoms with Gasteiger partial charge < -0.3 is 14.8 Å². The van der Waals surface area contributed by atoms with Gasteiger partial charge in [0.1, 0.15) is 5.75 Å². The number of nitrogens with one attached hydrogen (secondary N) is 1. The zero-order chi connectivity index (χ0) is 17.0. The van der Waals surface area contributed by atoms with Crippen molar-refractivity contribution < 1.29 is 27.5 Å². The van der Waals surface area contributed by atoms with Gasteiger partial charge in [-0.2, -0.15) is 0 Å². The molecule has 8 heteroatoms. The highest BCUT2D eigenvalue weighted by molar-refractivity contribution is 7.91. The van der Waals surface area contributed by atoms with Gasteiger partial charge in [-0.05, 0) is 31.5 Å². The Balaban J connectivity index is 1.95. The van der Waals surface area contributed by atoms with Crippen LogP contribution in [0.2, 0.25) is 0 Å². The molecule has 1 aliphatic rings. The Morgan fingerprint density at radius 2 is 2.09 bits per heavy atom. The molecule has 1 amide bonds. The van der Waals surface area contributed by atoms with Crippen LogP contribution in [0, 0.1) is 0 Å². The molecule has 1 aliphatic heterocycles. The van der Waals surface area contributed by atoms with Crippen molar-refractivity contribution in [1.29, 1.82) is 0 Å². The summed E-state index contributed by atoms with van der Waals surface area (Å²) in [5, 5.41) is 2.67. The van der Waals surface area contributed by atoms with Crippen LogP contribution < -0.4 is 10.1 Å². The van der Waals surface area contributed by atoms with E-state index in [4.69, 9.17) is 4.74 Å². The van der Waals surface area contributed by atoms with Gasteiger partial charge in [0.25, 0.3) is 5.91 Å². The number of carbonyl (C=O) groups is 2. The quantitative estimate of drug-likeness (QED) is 0.785. The number of ether oxygens (including phenoxy) is 2. The second kappa shape index (κ2) is 6.99. The maximum absolute atomic E-state index is 12.1. The lowest BCUT2D eigenvalue weighted by Crippen LogP contribution is -2.43. The van der Waals surface area contributed by atoms with E-state index in [1.165, 1.54) is 13.2 Å². The molecule has 0 saturated carbocycles. The Kier molecular flexibility index (Phi) is 5.25. The molecule has 0 radical (unpaired) electrons. The van der Waals surface area contributed by atoms with Crippen LogP contribution in [-0.2, 0) is 19.4 Å². The van der Waals surface area contributed by atoms with E-state index in [0.717, 1.165) is 0 Å². The van der Waals surface area contributed by atoms with Gasteiger partial charge in [-0.3, -0.25) is 4.79 Å². The monoisotopic (exact) mass is 341 g/mol. The summed E-state index contributed by atoms with van der Waals surface area (Å²) < 4.78 is 32.9. The lowest BCUT2D eigenvalue weighted by atomic mass is 10.2. The standard InChI is InChI=1S/C15H19NO6S/c1-10(14(17)16-12-6-7-23(19,20)9-12)22-13-5-3-4-11(8-13)15(18)21-2/h3-5,8,10,12H,6-7,9H2,1-2H3,(H,16,17)/t10-,12-/m1/s1. The van der Waals surface area contributed by atoms with Crippen molar-refractivity contribution >= 4 is 21.7 Å². The maximum Gasteiger partial charge on any atom is 0.337 e. The minimum Gasteiger partial charge on any atom is -0.481 e. The lowest BCUT2D eigenvalue weighted by molar-refractivity contribution is -0.127. The van der Waals surface area contributed by atoms with Gasteiger partial charge in [0.15, 0.2) is 15.9 Å². The number of amides is 1. The van der Waals surface area contributed by atoms with Crippen LogP contribution in [0.1, 0.15) is 23.7 Å². The van der Waals surface area contributed by atoms with Crippen LogP contribution >= 0.6 is 0 Å². The molecule has 2 rings (SSSR count). The van der Waals surface area contributed by atoms with E-state index in [-0.39, 0.29) is 17.5 Å².